The van der Waals surface area contributed by atoms with E-state index in [2.05, 4.69) is 5.32 Å². The second-order valence-electron chi connectivity index (χ2n) is 4.69. The lowest BCUT2D eigenvalue weighted by atomic mass is 9.88. The summed E-state index contributed by atoms with van der Waals surface area (Å²) in [6.07, 6.45) is 0. The van der Waals surface area contributed by atoms with Crippen LogP contribution in [0.1, 0.15) is 24.0 Å². The maximum atomic E-state index is 13.4. The predicted octanol–water partition coefficient (Wildman–Crippen LogP) is 2.00. The van der Waals surface area contributed by atoms with Crippen LogP contribution < -0.4 is 5.32 Å². The molecule has 0 unspecified atom stereocenters. The summed E-state index contributed by atoms with van der Waals surface area (Å²) in [5.74, 6) is -0.668. The Kier molecular flexibility index (Phi) is 3.97. The predicted molar refractivity (Wildman–Crippen MR) is 66.9 cm³/mol. The molecule has 1 fully saturated rings. The van der Waals surface area contributed by atoms with Gasteiger partial charge in [-0.2, -0.15) is 0 Å². The van der Waals surface area contributed by atoms with E-state index in [1.54, 1.807) is 6.92 Å². The largest absolute Gasteiger partial charge is 0.466 e. The number of rotatable bonds is 3. The number of carbonyl (C=O) groups is 1. The zero-order valence-electron chi connectivity index (χ0n) is 10.7. The molecule has 3 nitrogen and oxygen atoms in total. The van der Waals surface area contributed by atoms with Crippen molar-refractivity contribution in [3.05, 3.63) is 35.1 Å². The van der Waals surface area contributed by atoms with Gasteiger partial charge in [0.1, 0.15) is 5.82 Å². The molecule has 2 atom stereocenters. The maximum absolute atomic E-state index is 13.4. The highest BCUT2D eigenvalue weighted by Crippen LogP contribution is 2.30. The molecule has 18 heavy (non-hydrogen) atoms. The first-order valence-electron chi connectivity index (χ1n) is 6.26. The van der Waals surface area contributed by atoms with Crippen molar-refractivity contribution in [3.63, 3.8) is 0 Å². The first-order chi connectivity index (χ1) is 8.61. The van der Waals surface area contributed by atoms with Crippen molar-refractivity contribution in [1.82, 2.24) is 5.32 Å². The van der Waals surface area contributed by atoms with Crippen molar-refractivity contribution in [1.29, 1.82) is 0 Å². The second kappa shape index (κ2) is 5.48. The number of ether oxygens (including phenoxy) is 1. The van der Waals surface area contributed by atoms with Gasteiger partial charge in [0.05, 0.1) is 12.5 Å². The average molecular weight is 251 g/mol. The Morgan fingerprint density at radius 3 is 2.89 bits per heavy atom. The molecule has 0 amide bonds. The highest BCUT2D eigenvalue weighted by atomic mass is 19.1. The molecule has 1 N–H and O–H groups in total. The van der Waals surface area contributed by atoms with Gasteiger partial charge < -0.3 is 10.1 Å². The molecule has 0 bridgehead atoms. The Morgan fingerprint density at radius 2 is 2.22 bits per heavy atom. The van der Waals surface area contributed by atoms with Crippen molar-refractivity contribution >= 4 is 5.97 Å². The molecule has 1 heterocycles. The van der Waals surface area contributed by atoms with E-state index in [0.29, 0.717) is 19.7 Å². The number of nitrogens with one attached hydrogen (secondary N) is 1. The highest BCUT2D eigenvalue weighted by molar-refractivity contribution is 5.74. The van der Waals surface area contributed by atoms with Crippen molar-refractivity contribution in [3.8, 4) is 0 Å². The zero-order valence-corrected chi connectivity index (χ0v) is 10.7. The molecule has 0 radical (unpaired) electrons. The second-order valence-corrected chi connectivity index (χ2v) is 4.69. The van der Waals surface area contributed by atoms with Crippen LogP contribution in [0.5, 0.6) is 0 Å². The van der Waals surface area contributed by atoms with Crippen LogP contribution in [0.25, 0.3) is 0 Å². The third-order valence-electron chi connectivity index (χ3n) is 3.30. The van der Waals surface area contributed by atoms with Crippen LogP contribution in [0.4, 0.5) is 4.39 Å². The summed E-state index contributed by atoms with van der Waals surface area (Å²) < 4.78 is 18.5. The van der Waals surface area contributed by atoms with E-state index in [1.807, 2.05) is 13.0 Å². The molecule has 1 aromatic rings. The summed E-state index contributed by atoms with van der Waals surface area (Å²) in [4.78, 5) is 11.8. The molecule has 1 saturated heterocycles. The molecule has 0 aliphatic carbocycles. The highest BCUT2D eigenvalue weighted by Gasteiger charge is 2.35. The fraction of sp³-hybridized carbons (Fsp3) is 0.500. The Labute approximate surface area is 106 Å². The lowest BCUT2D eigenvalue weighted by Gasteiger charge is -2.18. The normalized spacial score (nSPS) is 23.1. The number of hydrogen-bond acceptors (Lipinski definition) is 3. The third kappa shape index (κ3) is 2.70. The quantitative estimate of drug-likeness (QED) is 0.835. The molecular formula is C14H18FNO2. The summed E-state index contributed by atoms with van der Waals surface area (Å²) in [6.45, 7) is 5.31. The van der Waals surface area contributed by atoms with Crippen LogP contribution in [0.3, 0.4) is 0 Å². The molecule has 0 aromatic heterocycles. The maximum Gasteiger partial charge on any atom is 0.310 e. The number of halogens is 1. The summed E-state index contributed by atoms with van der Waals surface area (Å²) in [5.41, 5.74) is 1.75. The van der Waals surface area contributed by atoms with Crippen LogP contribution in [0.2, 0.25) is 0 Å². The lowest BCUT2D eigenvalue weighted by molar-refractivity contribution is -0.147. The van der Waals surface area contributed by atoms with Gasteiger partial charge in [0, 0.05) is 19.0 Å². The fourth-order valence-electron chi connectivity index (χ4n) is 2.50. The SMILES string of the molecule is CCOC(=O)[C@@H]1CNC[C@H]1c1cc(C)cc(F)c1. The number of esters is 1. The molecule has 1 aliphatic rings. The molecule has 0 saturated carbocycles. The van der Waals surface area contributed by atoms with Gasteiger partial charge in [-0.05, 0) is 37.1 Å². The van der Waals surface area contributed by atoms with Crippen molar-refractivity contribution < 1.29 is 13.9 Å². The minimum atomic E-state index is -0.250. The van der Waals surface area contributed by atoms with E-state index in [0.717, 1.165) is 11.1 Å². The molecule has 98 valence electrons. The van der Waals surface area contributed by atoms with E-state index in [1.165, 1.54) is 12.1 Å². The van der Waals surface area contributed by atoms with Gasteiger partial charge in [-0.15, -0.1) is 0 Å². The average Bonchev–Trinajstić information content (AvgIpc) is 2.76. The summed E-state index contributed by atoms with van der Waals surface area (Å²) in [7, 11) is 0. The Balaban J connectivity index is 2.23. The van der Waals surface area contributed by atoms with E-state index in [-0.39, 0.29) is 23.6 Å². The smallest absolute Gasteiger partial charge is 0.310 e. The van der Waals surface area contributed by atoms with Gasteiger partial charge in [0.25, 0.3) is 0 Å². The molecular weight excluding hydrogens is 233 g/mol. The lowest BCUT2D eigenvalue weighted by Crippen LogP contribution is -2.24. The number of carbonyl (C=O) groups excluding carboxylic acids is 1. The first-order valence-corrected chi connectivity index (χ1v) is 6.26. The van der Waals surface area contributed by atoms with Gasteiger partial charge >= 0.3 is 5.97 Å². The van der Waals surface area contributed by atoms with Crippen molar-refractivity contribution in [2.45, 2.75) is 19.8 Å². The van der Waals surface area contributed by atoms with Crippen molar-refractivity contribution in [2.75, 3.05) is 19.7 Å². The number of hydrogen-bond donors (Lipinski definition) is 1. The van der Waals surface area contributed by atoms with Crippen molar-refractivity contribution in [2.24, 2.45) is 5.92 Å². The Bertz CT molecular complexity index is 427. The fourth-order valence-corrected chi connectivity index (χ4v) is 2.50. The summed E-state index contributed by atoms with van der Waals surface area (Å²) in [6, 6.07) is 4.94. The van der Waals surface area contributed by atoms with Crippen LogP contribution >= 0.6 is 0 Å². The van der Waals surface area contributed by atoms with E-state index >= 15 is 0 Å². The van der Waals surface area contributed by atoms with Gasteiger partial charge in [0.2, 0.25) is 0 Å². The van der Waals surface area contributed by atoms with E-state index in [4.69, 9.17) is 4.74 Å². The zero-order chi connectivity index (χ0) is 13.1. The number of benzene rings is 1. The monoisotopic (exact) mass is 251 g/mol. The Morgan fingerprint density at radius 1 is 1.44 bits per heavy atom. The van der Waals surface area contributed by atoms with E-state index in [9.17, 15) is 9.18 Å². The standard InChI is InChI=1S/C14H18FNO2/c1-3-18-14(17)13-8-16-7-12(13)10-4-9(2)5-11(15)6-10/h4-6,12-13,16H,3,7-8H2,1-2H3/t12-,13+/m0/s1. The summed E-state index contributed by atoms with van der Waals surface area (Å²) in [5, 5.41) is 3.18. The van der Waals surface area contributed by atoms with Crippen LogP contribution in [0, 0.1) is 18.7 Å². The van der Waals surface area contributed by atoms with E-state index < -0.39 is 0 Å². The van der Waals surface area contributed by atoms with Gasteiger partial charge in [0.15, 0.2) is 0 Å². The first kappa shape index (κ1) is 13.0. The van der Waals surface area contributed by atoms with Gasteiger partial charge in [-0.25, -0.2) is 4.39 Å². The molecule has 0 spiro atoms. The van der Waals surface area contributed by atoms with Crippen LogP contribution in [0.15, 0.2) is 18.2 Å². The number of aryl methyl sites for hydroxylation is 1. The van der Waals surface area contributed by atoms with Gasteiger partial charge in [-0.1, -0.05) is 6.07 Å². The molecule has 2 rings (SSSR count). The Hall–Kier alpha value is -1.42. The van der Waals surface area contributed by atoms with Crippen LogP contribution in [-0.4, -0.2) is 25.7 Å². The minimum absolute atomic E-state index is 0.00144. The van der Waals surface area contributed by atoms with Gasteiger partial charge in [-0.3, -0.25) is 4.79 Å². The topological polar surface area (TPSA) is 38.3 Å². The molecule has 4 heteroatoms. The molecule has 1 aromatic carbocycles. The third-order valence-corrected chi connectivity index (χ3v) is 3.30. The summed E-state index contributed by atoms with van der Waals surface area (Å²) >= 11 is 0. The van der Waals surface area contributed by atoms with Crippen LogP contribution in [-0.2, 0) is 9.53 Å². The molecule has 1 aliphatic heterocycles. The minimum Gasteiger partial charge on any atom is -0.466 e.